The summed E-state index contributed by atoms with van der Waals surface area (Å²) in [5.74, 6) is -0.814. The van der Waals surface area contributed by atoms with Crippen LogP contribution < -0.4 is 5.73 Å². The van der Waals surface area contributed by atoms with Crippen LogP contribution in [0, 0.1) is 17.2 Å². The highest BCUT2D eigenvalue weighted by Crippen LogP contribution is 2.07. The van der Waals surface area contributed by atoms with Crippen molar-refractivity contribution in [2.24, 2.45) is 11.7 Å². The fourth-order valence-electron chi connectivity index (χ4n) is 0.840. The molecule has 0 aromatic carbocycles. The van der Waals surface area contributed by atoms with Gasteiger partial charge < -0.3 is 10.2 Å². The smallest absolute Gasteiger partial charge is 0.235 e. The maximum atomic E-state index is 10.6. The number of hydrogen-bond acceptors (Lipinski definition) is 3. The Hall–Kier alpha value is -1.76. The van der Waals surface area contributed by atoms with E-state index < -0.39 is 11.8 Å². The molecular weight excluding hydrogens is 156 g/mol. The summed E-state index contributed by atoms with van der Waals surface area (Å²) in [4.78, 5) is 10.6. The van der Waals surface area contributed by atoms with Crippen LogP contribution in [0.5, 0.6) is 0 Å². The van der Waals surface area contributed by atoms with Crippen LogP contribution in [0.15, 0.2) is 22.8 Å². The molecule has 0 aliphatic heterocycles. The van der Waals surface area contributed by atoms with Gasteiger partial charge in [0.05, 0.1) is 12.3 Å². The molecule has 0 aliphatic rings. The first-order chi connectivity index (χ1) is 5.74. The molecule has 0 radical (unpaired) electrons. The zero-order valence-electron chi connectivity index (χ0n) is 6.36. The molecule has 0 aliphatic carbocycles. The van der Waals surface area contributed by atoms with Gasteiger partial charge in [-0.15, -0.1) is 0 Å². The minimum atomic E-state index is -0.795. The number of nitrogens with zero attached hydrogens (tertiary/aromatic N) is 1. The Balaban J connectivity index is 2.62. The Labute approximate surface area is 69.6 Å². The van der Waals surface area contributed by atoms with E-state index >= 15 is 0 Å². The lowest BCUT2D eigenvalue weighted by molar-refractivity contribution is -0.120. The Morgan fingerprint density at radius 2 is 2.58 bits per heavy atom. The van der Waals surface area contributed by atoms with Gasteiger partial charge in [0, 0.05) is 6.42 Å². The fraction of sp³-hybridized carbons (Fsp3) is 0.250. The summed E-state index contributed by atoms with van der Waals surface area (Å²) < 4.78 is 4.96. The molecule has 1 unspecified atom stereocenters. The number of primary amides is 1. The lowest BCUT2D eigenvalue weighted by Crippen LogP contribution is -2.23. The number of hydrogen-bond donors (Lipinski definition) is 1. The SMILES string of the molecule is N#CC(Cc1ccco1)C(N)=O. The van der Waals surface area contributed by atoms with E-state index in [-0.39, 0.29) is 6.42 Å². The lowest BCUT2D eigenvalue weighted by Gasteiger charge is -1.99. The quantitative estimate of drug-likeness (QED) is 0.704. The van der Waals surface area contributed by atoms with Crippen LogP contribution in [0.3, 0.4) is 0 Å². The average Bonchev–Trinajstić information content (AvgIpc) is 2.51. The van der Waals surface area contributed by atoms with Gasteiger partial charge in [0.15, 0.2) is 0 Å². The minimum Gasteiger partial charge on any atom is -0.469 e. The molecule has 1 rings (SSSR count). The first kappa shape index (κ1) is 8.34. The summed E-state index contributed by atoms with van der Waals surface area (Å²) in [5.41, 5.74) is 4.96. The fourth-order valence-corrected chi connectivity index (χ4v) is 0.840. The minimum absolute atomic E-state index is 0.249. The molecule has 1 aromatic heterocycles. The topological polar surface area (TPSA) is 80.0 Å². The molecule has 0 saturated heterocycles. The van der Waals surface area contributed by atoms with Gasteiger partial charge >= 0.3 is 0 Å². The summed E-state index contributed by atoms with van der Waals surface area (Å²) in [6.45, 7) is 0. The number of nitriles is 1. The van der Waals surface area contributed by atoms with Gasteiger partial charge in [0.2, 0.25) is 5.91 Å². The average molecular weight is 164 g/mol. The van der Waals surface area contributed by atoms with E-state index in [0.29, 0.717) is 5.76 Å². The van der Waals surface area contributed by atoms with E-state index in [4.69, 9.17) is 15.4 Å². The van der Waals surface area contributed by atoms with Crippen molar-refractivity contribution in [1.29, 1.82) is 5.26 Å². The normalized spacial score (nSPS) is 11.9. The Bertz CT molecular complexity index is 297. The molecule has 4 nitrogen and oxygen atoms in total. The molecule has 0 bridgehead atoms. The van der Waals surface area contributed by atoms with Crippen LogP contribution in [0.25, 0.3) is 0 Å². The highest BCUT2D eigenvalue weighted by molar-refractivity contribution is 5.79. The van der Waals surface area contributed by atoms with E-state index in [1.807, 2.05) is 0 Å². The molecule has 0 fully saturated rings. The largest absolute Gasteiger partial charge is 0.469 e. The summed E-state index contributed by atoms with van der Waals surface area (Å²) in [5, 5.41) is 8.50. The maximum absolute atomic E-state index is 10.6. The molecule has 12 heavy (non-hydrogen) atoms. The predicted octanol–water partition coefficient (Wildman–Crippen LogP) is 0.447. The number of carbonyl (C=O) groups is 1. The van der Waals surface area contributed by atoms with Crippen molar-refractivity contribution in [3.63, 3.8) is 0 Å². The van der Waals surface area contributed by atoms with Gasteiger partial charge in [-0.25, -0.2) is 0 Å². The Kier molecular flexibility index (Phi) is 2.49. The lowest BCUT2D eigenvalue weighted by atomic mass is 10.1. The molecule has 2 N–H and O–H groups in total. The molecule has 1 heterocycles. The third-order valence-electron chi connectivity index (χ3n) is 1.48. The highest BCUT2D eigenvalue weighted by Gasteiger charge is 2.15. The van der Waals surface area contributed by atoms with Gasteiger partial charge in [-0.2, -0.15) is 5.26 Å². The zero-order chi connectivity index (χ0) is 8.97. The summed E-state index contributed by atoms with van der Waals surface area (Å²) in [6, 6.07) is 5.21. The maximum Gasteiger partial charge on any atom is 0.235 e. The first-order valence-corrected chi connectivity index (χ1v) is 3.45. The number of nitrogens with two attached hydrogens (primary N) is 1. The van der Waals surface area contributed by atoms with Crippen molar-refractivity contribution in [2.75, 3.05) is 0 Å². The highest BCUT2D eigenvalue weighted by atomic mass is 16.3. The standard InChI is InChI=1S/C8H8N2O2/c9-5-6(8(10)11)4-7-2-1-3-12-7/h1-3,6H,4H2,(H2,10,11). The van der Waals surface area contributed by atoms with Crippen molar-refractivity contribution >= 4 is 5.91 Å². The van der Waals surface area contributed by atoms with E-state index in [1.54, 1.807) is 18.2 Å². The van der Waals surface area contributed by atoms with Crippen LogP contribution in [0.2, 0.25) is 0 Å². The molecular formula is C8H8N2O2. The summed E-state index contributed by atoms with van der Waals surface area (Å²) >= 11 is 0. The van der Waals surface area contributed by atoms with Crippen LogP contribution in [-0.2, 0) is 11.2 Å². The van der Waals surface area contributed by atoms with Crippen molar-refractivity contribution in [3.8, 4) is 6.07 Å². The number of furan rings is 1. The number of amides is 1. The van der Waals surface area contributed by atoms with E-state index in [0.717, 1.165) is 0 Å². The van der Waals surface area contributed by atoms with Crippen LogP contribution in [0.1, 0.15) is 5.76 Å². The second-order valence-corrected chi connectivity index (χ2v) is 2.37. The molecule has 0 spiro atoms. The second-order valence-electron chi connectivity index (χ2n) is 2.37. The van der Waals surface area contributed by atoms with Gasteiger partial charge in [-0.05, 0) is 12.1 Å². The van der Waals surface area contributed by atoms with Crippen molar-refractivity contribution < 1.29 is 9.21 Å². The molecule has 0 saturated carbocycles. The van der Waals surface area contributed by atoms with E-state index in [9.17, 15) is 4.79 Å². The van der Waals surface area contributed by atoms with Gasteiger partial charge in [0.1, 0.15) is 11.7 Å². The van der Waals surface area contributed by atoms with E-state index in [2.05, 4.69) is 0 Å². The van der Waals surface area contributed by atoms with Crippen molar-refractivity contribution in [3.05, 3.63) is 24.2 Å². The molecule has 62 valence electrons. The van der Waals surface area contributed by atoms with Gasteiger partial charge in [-0.3, -0.25) is 4.79 Å². The van der Waals surface area contributed by atoms with Crippen LogP contribution in [-0.4, -0.2) is 5.91 Å². The third-order valence-corrected chi connectivity index (χ3v) is 1.48. The number of rotatable bonds is 3. The van der Waals surface area contributed by atoms with Gasteiger partial charge in [0.25, 0.3) is 0 Å². The zero-order valence-corrected chi connectivity index (χ0v) is 6.36. The predicted molar refractivity (Wildman–Crippen MR) is 40.7 cm³/mol. The first-order valence-electron chi connectivity index (χ1n) is 3.45. The second kappa shape index (κ2) is 3.58. The Morgan fingerprint density at radius 3 is 3.00 bits per heavy atom. The van der Waals surface area contributed by atoms with E-state index in [1.165, 1.54) is 6.26 Å². The number of carbonyl (C=O) groups excluding carboxylic acids is 1. The van der Waals surface area contributed by atoms with Gasteiger partial charge in [-0.1, -0.05) is 0 Å². The van der Waals surface area contributed by atoms with Crippen LogP contribution in [0.4, 0.5) is 0 Å². The monoisotopic (exact) mass is 164 g/mol. The van der Waals surface area contributed by atoms with Crippen LogP contribution >= 0.6 is 0 Å². The molecule has 1 atom stereocenters. The molecule has 1 amide bonds. The summed E-state index contributed by atoms with van der Waals surface area (Å²) in [7, 11) is 0. The van der Waals surface area contributed by atoms with Crippen molar-refractivity contribution in [1.82, 2.24) is 0 Å². The summed E-state index contributed by atoms with van der Waals surface area (Å²) in [6.07, 6.45) is 1.74. The molecule has 1 aromatic rings. The Morgan fingerprint density at radius 1 is 1.83 bits per heavy atom. The molecule has 4 heteroatoms. The third kappa shape index (κ3) is 1.86. The van der Waals surface area contributed by atoms with Crippen molar-refractivity contribution in [2.45, 2.75) is 6.42 Å².